The normalized spacial score (nSPS) is 11.1. The Morgan fingerprint density at radius 3 is 2.89 bits per heavy atom. The molecule has 0 saturated carbocycles. The second-order valence-electron chi connectivity index (χ2n) is 3.78. The third-order valence-electron chi connectivity index (χ3n) is 2.56. The van der Waals surface area contributed by atoms with Crippen LogP contribution in [0.5, 0.6) is 0 Å². The Labute approximate surface area is 164 Å². The van der Waals surface area contributed by atoms with Crippen LogP contribution >= 0.6 is 24.8 Å². The van der Waals surface area contributed by atoms with Crippen LogP contribution in [0.25, 0.3) is 10.9 Å². The Hall–Kier alpha value is 0.106. The molecule has 4 nitrogen and oxygen atoms in total. The van der Waals surface area contributed by atoms with Gasteiger partial charge in [-0.15, -0.1) is 12.6 Å². The molecule has 0 atom stereocenters. The van der Waals surface area contributed by atoms with E-state index in [0.717, 1.165) is 16.5 Å². The van der Waals surface area contributed by atoms with E-state index in [4.69, 9.17) is 0 Å². The van der Waals surface area contributed by atoms with Crippen LogP contribution in [-0.2, 0) is 6.42 Å². The number of fused-ring (bicyclic) bond motifs is 1. The van der Waals surface area contributed by atoms with Crippen LogP contribution in [-0.4, -0.2) is 15.2 Å². The predicted molar refractivity (Wildman–Crippen MR) is 78.8 cm³/mol. The van der Waals surface area contributed by atoms with Crippen molar-refractivity contribution in [1.82, 2.24) is 10.4 Å². The first-order chi connectivity index (χ1) is 8.66. The number of hydrogen-bond acceptors (Lipinski definition) is 3. The first-order valence-electron chi connectivity index (χ1n) is 5.44. The molecule has 1 aromatic heterocycles. The van der Waals surface area contributed by atoms with Crippen molar-refractivity contribution < 1.29 is 56.5 Å². The smallest absolute Gasteiger partial charge is 0.860 e. The molecule has 0 fully saturated rings. The number of thiocarbonyl (C=S) groups is 1. The van der Waals surface area contributed by atoms with E-state index < -0.39 is 0 Å². The van der Waals surface area contributed by atoms with Crippen molar-refractivity contribution in [3.63, 3.8) is 0 Å². The first-order valence-corrected chi connectivity index (χ1v) is 6.30. The first kappa shape index (κ1) is 17.2. The molecule has 0 amide bonds. The molecular formula is C12H12KN3OS2. The van der Waals surface area contributed by atoms with E-state index in [2.05, 4.69) is 40.4 Å². The van der Waals surface area contributed by atoms with E-state index >= 15 is 0 Å². The van der Waals surface area contributed by atoms with Crippen LogP contribution in [0.15, 0.2) is 35.6 Å². The monoisotopic (exact) mass is 317 g/mol. The maximum Gasteiger partial charge on any atom is 1.00 e. The van der Waals surface area contributed by atoms with Gasteiger partial charge in [0.1, 0.15) is 0 Å². The van der Waals surface area contributed by atoms with Crippen molar-refractivity contribution in [1.29, 1.82) is 0 Å². The van der Waals surface area contributed by atoms with Crippen LogP contribution in [0.2, 0.25) is 0 Å². The largest absolute Gasteiger partial charge is 1.00 e. The van der Waals surface area contributed by atoms with Gasteiger partial charge in [-0.1, -0.05) is 30.4 Å². The quantitative estimate of drug-likeness (QED) is 0.162. The van der Waals surface area contributed by atoms with E-state index in [1.807, 2.05) is 30.5 Å². The maximum absolute atomic E-state index is 11.4. The number of rotatable bonds is 4. The number of hydrogen-bond donors (Lipinski definition) is 3. The van der Waals surface area contributed by atoms with Crippen LogP contribution in [0.4, 0.5) is 0 Å². The second kappa shape index (κ2) is 8.41. The molecule has 0 aliphatic rings. The SMILES string of the molecule is [K+].[O-]C(CCc1c[nH]c2ccccc12)=NNC(=S)S. The van der Waals surface area contributed by atoms with Gasteiger partial charge in [0, 0.05) is 17.1 Å². The number of aromatic nitrogens is 1. The summed E-state index contributed by atoms with van der Waals surface area (Å²) < 4.78 is 0.190. The number of nitrogens with zero attached hydrogens (tertiary/aromatic N) is 1. The molecule has 1 heterocycles. The summed E-state index contributed by atoms with van der Waals surface area (Å²) in [5.74, 6) is -0.239. The fourth-order valence-corrected chi connectivity index (χ4v) is 1.84. The van der Waals surface area contributed by atoms with Gasteiger partial charge in [-0.05, 0) is 30.4 Å². The van der Waals surface area contributed by atoms with Crippen LogP contribution in [0, 0.1) is 0 Å². The summed E-state index contributed by atoms with van der Waals surface area (Å²) in [6, 6.07) is 7.99. The molecule has 19 heavy (non-hydrogen) atoms. The third-order valence-corrected chi connectivity index (χ3v) is 2.75. The standard InChI is InChI=1S/C12H13N3OS2.K/c16-11(14-15-12(17)18)6-5-8-7-13-10-4-2-1-3-9(8)10;/h1-4,7,13H,5-6H2,(H,14,16)(H2,15,17,18);/q;+1/p-1. The van der Waals surface area contributed by atoms with Crippen molar-refractivity contribution in [3.8, 4) is 0 Å². The minimum Gasteiger partial charge on any atom is -0.860 e. The average Bonchev–Trinajstić information content (AvgIpc) is 2.77. The number of aryl methyl sites for hydroxylation is 1. The van der Waals surface area contributed by atoms with E-state index in [0.29, 0.717) is 12.8 Å². The summed E-state index contributed by atoms with van der Waals surface area (Å²) in [6.07, 6.45) is 2.91. The van der Waals surface area contributed by atoms with Gasteiger partial charge in [0.15, 0.2) is 4.32 Å². The average molecular weight is 317 g/mol. The zero-order chi connectivity index (χ0) is 13.0. The van der Waals surface area contributed by atoms with Crippen molar-refractivity contribution in [3.05, 3.63) is 36.0 Å². The Bertz CT molecular complexity index is 597. The molecule has 7 heteroatoms. The summed E-state index contributed by atoms with van der Waals surface area (Å²) in [4.78, 5) is 3.17. The van der Waals surface area contributed by atoms with Gasteiger partial charge in [0.25, 0.3) is 0 Å². The van der Waals surface area contributed by atoms with Crippen LogP contribution in [0.3, 0.4) is 0 Å². The fourth-order valence-electron chi connectivity index (χ4n) is 1.75. The number of thiol groups is 1. The number of benzene rings is 1. The van der Waals surface area contributed by atoms with Crippen molar-refractivity contribution in [2.24, 2.45) is 5.10 Å². The molecule has 0 spiro atoms. The number of nitrogens with one attached hydrogen (secondary N) is 2. The van der Waals surface area contributed by atoms with Gasteiger partial charge >= 0.3 is 51.4 Å². The molecule has 0 saturated heterocycles. The zero-order valence-corrected chi connectivity index (χ0v) is 15.3. The molecule has 1 aromatic carbocycles. The van der Waals surface area contributed by atoms with E-state index in [-0.39, 0.29) is 61.6 Å². The number of hydrazone groups is 1. The number of aromatic amines is 1. The molecule has 0 aliphatic carbocycles. The van der Waals surface area contributed by atoms with Gasteiger partial charge in [-0.3, -0.25) is 5.43 Å². The number of H-pyrrole nitrogens is 1. The van der Waals surface area contributed by atoms with Gasteiger partial charge in [0.05, 0.1) is 0 Å². The third kappa shape index (κ3) is 5.18. The van der Waals surface area contributed by atoms with Crippen molar-refractivity contribution in [2.45, 2.75) is 12.8 Å². The Morgan fingerprint density at radius 1 is 1.42 bits per heavy atom. The minimum absolute atomic E-state index is 0. The molecule has 0 bridgehead atoms. The van der Waals surface area contributed by atoms with Crippen LogP contribution in [0.1, 0.15) is 12.0 Å². The Balaban J connectivity index is 0.00000180. The van der Waals surface area contributed by atoms with E-state index in [1.54, 1.807) is 0 Å². The van der Waals surface area contributed by atoms with Crippen molar-refractivity contribution in [2.75, 3.05) is 0 Å². The van der Waals surface area contributed by atoms with Gasteiger partial charge in [-0.25, -0.2) is 0 Å². The Kier molecular flexibility index (Phi) is 7.59. The molecule has 0 radical (unpaired) electrons. The maximum atomic E-state index is 11.4. The van der Waals surface area contributed by atoms with Crippen LogP contribution < -0.4 is 61.9 Å². The van der Waals surface area contributed by atoms with Crippen molar-refractivity contribution >= 4 is 46.0 Å². The topological polar surface area (TPSA) is 63.2 Å². The van der Waals surface area contributed by atoms with E-state index in [1.165, 1.54) is 0 Å². The predicted octanol–water partition coefficient (Wildman–Crippen LogP) is -1.42. The molecule has 0 unspecified atom stereocenters. The summed E-state index contributed by atoms with van der Waals surface area (Å²) in [5, 5.41) is 16.2. The molecule has 0 aliphatic heterocycles. The molecule has 2 rings (SSSR count). The van der Waals surface area contributed by atoms with Gasteiger partial charge in [0.2, 0.25) is 0 Å². The second-order valence-corrected chi connectivity index (χ2v) is 4.94. The zero-order valence-electron chi connectivity index (χ0n) is 10.5. The molecule has 2 aromatic rings. The van der Waals surface area contributed by atoms with Gasteiger partial charge < -0.3 is 10.1 Å². The molecule has 2 N–H and O–H groups in total. The molecule has 94 valence electrons. The van der Waals surface area contributed by atoms with E-state index in [9.17, 15) is 5.11 Å². The fraction of sp³-hybridized carbons (Fsp3) is 0.167. The van der Waals surface area contributed by atoms with Gasteiger partial charge in [-0.2, -0.15) is 5.10 Å². The summed E-state index contributed by atoms with van der Waals surface area (Å²) >= 11 is 8.46. The molecular weight excluding hydrogens is 305 g/mol. The Morgan fingerprint density at radius 2 is 2.16 bits per heavy atom. The summed E-state index contributed by atoms with van der Waals surface area (Å²) in [6.45, 7) is 0. The summed E-state index contributed by atoms with van der Waals surface area (Å²) in [7, 11) is 0. The minimum atomic E-state index is -0.239. The summed E-state index contributed by atoms with van der Waals surface area (Å²) in [5.41, 5.74) is 4.56. The number of para-hydroxylation sites is 1.